The first kappa shape index (κ1) is 13.2. The van der Waals surface area contributed by atoms with Crippen molar-refractivity contribution < 1.29 is 4.74 Å². The molecule has 114 valence electrons. The molecule has 4 heterocycles. The van der Waals surface area contributed by atoms with Crippen LogP contribution in [0.1, 0.15) is 18.7 Å². The molecule has 1 aliphatic heterocycles. The maximum Gasteiger partial charge on any atom is 0.177 e. The van der Waals surface area contributed by atoms with E-state index in [0.717, 1.165) is 24.6 Å². The van der Waals surface area contributed by atoms with Gasteiger partial charge in [0.05, 0.1) is 31.2 Å². The van der Waals surface area contributed by atoms with Crippen LogP contribution in [0.15, 0.2) is 31.0 Å². The van der Waals surface area contributed by atoms with Crippen molar-refractivity contribution in [2.45, 2.75) is 19.5 Å². The predicted molar refractivity (Wildman–Crippen MR) is 79.6 cm³/mol. The van der Waals surface area contributed by atoms with Crippen LogP contribution in [0.5, 0.6) is 0 Å². The Balaban J connectivity index is 1.65. The molecule has 1 atom stereocenters. The van der Waals surface area contributed by atoms with Gasteiger partial charge < -0.3 is 14.2 Å². The van der Waals surface area contributed by atoms with Gasteiger partial charge in [-0.2, -0.15) is 4.52 Å². The van der Waals surface area contributed by atoms with E-state index in [0.29, 0.717) is 13.2 Å². The molecular weight excluding hydrogens is 282 g/mol. The summed E-state index contributed by atoms with van der Waals surface area (Å²) in [5.41, 5.74) is 1.92. The molecule has 0 bridgehead atoms. The van der Waals surface area contributed by atoms with Crippen LogP contribution in [-0.4, -0.2) is 49.1 Å². The standard InChI is InChI=1S/C14H17N7O/c1-2-22-8-12-7-19(6-11-5-15-9-20(11)12)14-4-3-13-17-16-10-21(13)18-14/h3-5,9-10,12H,2,6-8H2,1H3. The van der Waals surface area contributed by atoms with E-state index in [2.05, 4.69) is 29.7 Å². The molecule has 0 radical (unpaired) electrons. The summed E-state index contributed by atoms with van der Waals surface area (Å²) in [5.74, 6) is 0.904. The van der Waals surface area contributed by atoms with E-state index in [9.17, 15) is 0 Å². The fraction of sp³-hybridized carbons (Fsp3) is 0.429. The van der Waals surface area contributed by atoms with Crippen molar-refractivity contribution in [2.24, 2.45) is 0 Å². The molecule has 0 fully saturated rings. The van der Waals surface area contributed by atoms with Gasteiger partial charge in [-0.15, -0.1) is 15.3 Å². The molecular formula is C14H17N7O. The van der Waals surface area contributed by atoms with Crippen molar-refractivity contribution in [1.29, 1.82) is 0 Å². The fourth-order valence-corrected chi connectivity index (χ4v) is 2.83. The van der Waals surface area contributed by atoms with E-state index in [1.807, 2.05) is 31.6 Å². The zero-order valence-electron chi connectivity index (χ0n) is 12.3. The van der Waals surface area contributed by atoms with Crippen LogP contribution in [-0.2, 0) is 11.3 Å². The van der Waals surface area contributed by atoms with Crippen LogP contribution in [0, 0.1) is 0 Å². The third-order valence-corrected chi connectivity index (χ3v) is 3.91. The first-order chi connectivity index (χ1) is 10.8. The van der Waals surface area contributed by atoms with E-state index in [1.54, 1.807) is 10.8 Å². The third-order valence-electron chi connectivity index (χ3n) is 3.91. The predicted octanol–water partition coefficient (Wildman–Crippen LogP) is 0.919. The number of fused-ring (bicyclic) bond motifs is 2. The number of aromatic nitrogens is 6. The van der Waals surface area contributed by atoms with Gasteiger partial charge in [-0.25, -0.2) is 4.98 Å². The Kier molecular flexibility index (Phi) is 3.23. The highest BCUT2D eigenvalue weighted by atomic mass is 16.5. The van der Waals surface area contributed by atoms with Crippen molar-refractivity contribution in [3.63, 3.8) is 0 Å². The van der Waals surface area contributed by atoms with Crippen LogP contribution in [0.2, 0.25) is 0 Å². The molecule has 0 saturated heterocycles. The fourth-order valence-electron chi connectivity index (χ4n) is 2.83. The molecule has 0 saturated carbocycles. The van der Waals surface area contributed by atoms with Gasteiger partial charge in [-0.1, -0.05) is 0 Å². The molecule has 8 nitrogen and oxygen atoms in total. The van der Waals surface area contributed by atoms with Crippen LogP contribution in [0.3, 0.4) is 0 Å². The average Bonchev–Trinajstić information content (AvgIpc) is 3.20. The molecule has 1 aliphatic rings. The molecule has 4 rings (SSSR count). The molecule has 8 heteroatoms. The maximum atomic E-state index is 5.62. The highest BCUT2D eigenvalue weighted by Crippen LogP contribution is 2.25. The first-order valence-corrected chi connectivity index (χ1v) is 7.35. The molecule has 1 unspecified atom stereocenters. The quantitative estimate of drug-likeness (QED) is 0.713. The van der Waals surface area contributed by atoms with Crippen LogP contribution in [0.25, 0.3) is 5.65 Å². The Labute approximate surface area is 127 Å². The van der Waals surface area contributed by atoms with Gasteiger partial charge in [0.25, 0.3) is 0 Å². The van der Waals surface area contributed by atoms with E-state index in [4.69, 9.17) is 4.74 Å². The summed E-state index contributed by atoms with van der Waals surface area (Å²) < 4.78 is 9.51. The lowest BCUT2D eigenvalue weighted by Crippen LogP contribution is -2.39. The molecule has 22 heavy (non-hydrogen) atoms. The summed E-state index contributed by atoms with van der Waals surface area (Å²) in [7, 11) is 0. The molecule has 0 amide bonds. The summed E-state index contributed by atoms with van der Waals surface area (Å²) in [6.45, 7) is 5.01. The van der Waals surface area contributed by atoms with Gasteiger partial charge in [0.2, 0.25) is 0 Å². The van der Waals surface area contributed by atoms with Crippen molar-refractivity contribution >= 4 is 11.5 Å². The number of nitrogens with zero attached hydrogens (tertiary/aromatic N) is 7. The average molecular weight is 299 g/mol. The number of rotatable bonds is 4. The number of ether oxygens (including phenoxy) is 1. The van der Waals surface area contributed by atoms with Gasteiger partial charge in [-0.3, -0.25) is 0 Å². The molecule has 3 aromatic heterocycles. The Morgan fingerprint density at radius 3 is 3.18 bits per heavy atom. The minimum absolute atomic E-state index is 0.240. The van der Waals surface area contributed by atoms with Crippen molar-refractivity contribution in [3.05, 3.63) is 36.7 Å². The van der Waals surface area contributed by atoms with Crippen molar-refractivity contribution in [1.82, 2.24) is 29.4 Å². The number of hydrogen-bond donors (Lipinski definition) is 0. The lowest BCUT2D eigenvalue weighted by Gasteiger charge is -2.34. The first-order valence-electron chi connectivity index (χ1n) is 7.35. The van der Waals surface area contributed by atoms with Gasteiger partial charge in [-0.05, 0) is 19.1 Å². The number of anilines is 1. The Morgan fingerprint density at radius 1 is 1.32 bits per heavy atom. The summed E-state index contributed by atoms with van der Waals surface area (Å²) in [4.78, 5) is 6.50. The molecule has 0 aromatic carbocycles. The maximum absolute atomic E-state index is 5.62. The lowest BCUT2D eigenvalue weighted by molar-refractivity contribution is 0.111. The second-order valence-electron chi connectivity index (χ2n) is 5.31. The lowest BCUT2D eigenvalue weighted by atomic mass is 10.2. The monoisotopic (exact) mass is 299 g/mol. The third kappa shape index (κ3) is 2.21. The second kappa shape index (κ2) is 5.38. The Bertz CT molecular complexity index is 780. The summed E-state index contributed by atoms with van der Waals surface area (Å²) in [5, 5.41) is 12.4. The van der Waals surface area contributed by atoms with E-state index in [-0.39, 0.29) is 6.04 Å². The minimum atomic E-state index is 0.240. The summed E-state index contributed by atoms with van der Waals surface area (Å²) in [6.07, 6.45) is 5.40. The number of hydrogen-bond acceptors (Lipinski definition) is 6. The number of imidazole rings is 1. The summed E-state index contributed by atoms with van der Waals surface area (Å²) >= 11 is 0. The van der Waals surface area contributed by atoms with E-state index >= 15 is 0 Å². The zero-order chi connectivity index (χ0) is 14.9. The highest BCUT2D eigenvalue weighted by molar-refractivity contribution is 5.45. The Hall–Kier alpha value is -2.48. The van der Waals surface area contributed by atoms with Gasteiger partial charge in [0, 0.05) is 19.3 Å². The van der Waals surface area contributed by atoms with Gasteiger partial charge in [0.15, 0.2) is 5.65 Å². The summed E-state index contributed by atoms with van der Waals surface area (Å²) in [6, 6.07) is 4.15. The topological polar surface area (TPSA) is 73.4 Å². The molecule has 0 N–H and O–H groups in total. The van der Waals surface area contributed by atoms with Crippen LogP contribution >= 0.6 is 0 Å². The minimum Gasteiger partial charge on any atom is -0.380 e. The molecule has 3 aromatic rings. The van der Waals surface area contributed by atoms with Gasteiger partial charge in [0.1, 0.15) is 12.1 Å². The van der Waals surface area contributed by atoms with Crippen LogP contribution in [0.4, 0.5) is 5.82 Å². The highest BCUT2D eigenvalue weighted by Gasteiger charge is 2.26. The van der Waals surface area contributed by atoms with E-state index < -0.39 is 0 Å². The smallest absolute Gasteiger partial charge is 0.177 e. The van der Waals surface area contributed by atoms with Gasteiger partial charge >= 0.3 is 0 Å². The zero-order valence-corrected chi connectivity index (χ0v) is 12.3. The molecule has 0 aliphatic carbocycles. The SMILES string of the molecule is CCOCC1CN(c2ccc3nncn3n2)Cc2cncn21. The van der Waals surface area contributed by atoms with Crippen LogP contribution < -0.4 is 4.90 Å². The molecule has 0 spiro atoms. The normalized spacial score (nSPS) is 17.9. The second-order valence-corrected chi connectivity index (χ2v) is 5.31. The van der Waals surface area contributed by atoms with E-state index in [1.165, 1.54) is 5.69 Å². The van der Waals surface area contributed by atoms with Crippen molar-refractivity contribution in [3.8, 4) is 0 Å². The Morgan fingerprint density at radius 2 is 2.27 bits per heavy atom. The largest absolute Gasteiger partial charge is 0.380 e. The van der Waals surface area contributed by atoms with Crippen molar-refractivity contribution in [2.75, 3.05) is 24.7 Å².